The number of benzene rings is 3. The third-order valence-electron chi connectivity index (χ3n) is 7.16. The molecule has 2 aromatic heterocycles. The highest BCUT2D eigenvalue weighted by Gasteiger charge is 2.67. The number of carbonyl (C=O) groups is 1. The predicted molar refractivity (Wildman–Crippen MR) is 148 cm³/mol. The summed E-state index contributed by atoms with van der Waals surface area (Å²) in [5, 5.41) is 6.88. The number of alkyl halides is 3. The Bertz CT molecular complexity index is 1700. The number of hydrogen-bond donors (Lipinski definition) is 1. The van der Waals surface area contributed by atoms with Crippen molar-refractivity contribution < 1.29 is 26.9 Å². The van der Waals surface area contributed by atoms with Gasteiger partial charge in [-0.05, 0) is 54.3 Å². The summed E-state index contributed by atoms with van der Waals surface area (Å²) in [5.41, 5.74) is 0.279. The smallest absolute Gasteiger partial charge is 0.358 e. The molecule has 0 saturated heterocycles. The molecule has 0 bridgehead atoms. The SMILES string of the molecule is O=C(Cc1ccc(-c2cnc(Nc3ccccc3)nc2)cc1F)N(c1ccccc1)c1cc(C2(C(F)(F)F)CC2)on1. The van der Waals surface area contributed by atoms with Crippen LogP contribution in [-0.4, -0.2) is 27.2 Å². The van der Waals surface area contributed by atoms with Gasteiger partial charge in [-0.15, -0.1) is 0 Å². The molecule has 2 heterocycles. The van der Waals surface area contributed by atoms with Crippen LogP contribution in [-0.2, 0) is 16.6 Å². The molecule has 0 aliphatic heterocycles. The first-order valence-corrected chi connectivity index (χ1v) is 13.1. The minimum atomic E-state index is -4.50. The lowest BCUT2D eigenvalue weighted by Gasteiger charge is -2.20. The van der Waals surface area contributed by atoms with Crippen molar-refractivity contribution >= 4 is 29.0 Å². The van der Waals surface area contributed by atoms with Crippen molar-refractivity contribution in [2.24, 2.45) is 0 Å². The number of carbonyl (C=O) groups excluding carboxylic acids is 1. The molecule has 5 aromatic rings. The van der Waals surface area contributed by atoms with E-state index in [0.29, 0.717) is 22.8 Å². The number of nitrogens with one attached hydrogen (secondary N) is 1. The molecule has 7 nitrogen and oxygen atoms in total. The minimum absolute atomic E-state index is 0.102. The first kappa shape index (κ1) is 27.1. The summed E-state index contributed by atoms with van der Waals surface area (Å²) in [6, 6.07) is 23.3. The fourth-order valence-electron chi connectivity index (χ4n) is 4.68. The zero-order valence-electron chi connectivity index (χ0n) is 22.0. The second kappa shape index (κ2) is 10.7. The summed E-state index contributed by atoms with van der Waals surface area (Å²) < 4.78 is 61.3. The minimum Gasteiger partial charge on any atom is -0.358 e. The highest BCUT2D eigenvalue weighted by Crippen LogP contribution is 2.59. The molecule has 1 amide bonds. The van der Waals surface area contributed by atoms with Gasteiger partial charge in [0.15, 0.2) is 11.6 Å². The number of hydrogen-bond acceptors (Lipinski definition) is 6. The second-order valence-electron chi connectivity index (χ2n) is 9.96. The van der Waals surface area contributed by atoms with Gasteiger partial charge in [0.05, 0.1) is 12.1 Å². The monoisotopic (exact) mass is 573 g/mol. The van der Waals surface area contributed by atoms with E-state index in [4.69, 9.17) is 4.52 Å². The lowest BCUT2D eigenvalue weighted by Crippen LogP contribution is -2.29. The Hall–Kier alpha value is -5.06. The Labute approximate surface area is 237 Å². The van der Waals surface area contributed by atoms with E-state index in [9.17, 15) is 18.0 Å². The summed E-state index contributed by atoms with van der Waals surface area (Å²) in [6.07, 6.45) is -1.97. The number of aromatic nitrogens is 3. The molecule has 42 heavy (non-hydrogen) atoms. The van der Waals surface area contributed by atoms with Crippen LogP contribution < -0.4 is 10.2 Å². The van der Waals surface area contributed by atoms with Crippen LogP contribution in [0.1, 0.15) is 24.2 Å². The van der Waals surface area contributed by atoms with E-state index in [1.54, 1.807) is 48.8 Å². The van der Waals surface area contributed by atoms with E-state index in [-0.39, 0.29) is 36.4 Å². The first-order chi connectivity index (χ1) is 20.2. The molecule has 1 fully saturated rings. The van der Waals surface area contributed by atoms with Crippen molar-refractivity contribution in [1.29, 1.82) is 0 Å². The third-order valence-corrected chi connectivity index (χ3v) is 7.16. The molecule has 1 saturated carbocycles. The molecule has 1 N–H and O–H groups in total. The quantitative estimate of drug-likeness (QED) is 0.193. The predicted octanol–water partition coefficient (Wildman–Crippen LogP) is 7.52. The maximum atomic E-state index is 15.2. The van der Waals surface area contributed by atoms with Gasteiger partial charge in [-0.2, -0.15) is 13.2 Å². The van der Waals surface area contributed by atoms with Crippen molar-refractivity contribution in [2.45, 2.75) is 30.9 Å². The van der Waals surface area contributed by atoms with Crippen LogP contribution in [0.5, 0.6) is 0 Å². The Morgan fingerprint density at radius 2 is 1.57 bits per heavy atom. The topological polar surface area (TPSA) is 84.2 Å². The van der Waals surface area contributed by atoms with E-state index in [0.717, 1.165) is 16.7 Å². The van der Waals surface area contributed by atoms with Gasteiger partial charge in [0.1, 0.15) is 11.2 Å². The van der Waals surface area contributed by atoms with Crippen LogP contribution in [0.2, 0.25) is 0 Å². The fourth-order valence-corrected chi connectivity index (χ4v) is 4.68. The van der Waals surface area contributed by atoms with E-state index < -0.39 is 23.3 Å². The number of anilines is 4. The average Bonchev–Trinajstić information content (AvgIpc) is 3.68. The normalized spacial score (nSPS) is 13.9. The number of halogens is 4. The van der Waals surface area contributed by atoms with Crippen molar-refractivity contribution in [3.8, 4) is 11.1 Å². The maximum absolute atomic E-state index is 15.2. The van der Waals surface area contributed by atoms with E-state index in [2.05, 4.69) is 20.4 Å². The molecule has 0 spiro atoms. The summed E-state index contributed by atoms with van der Waals surface area (Å²) >= 11 is 0. The molecule has 6 rings (SSSR count). The first-order valence-electron chi connectivity index (χ1n) is 13.1. The molecule has 0 atom stereocenters. The van der Waals surface area contributed by atoms with Crippen LogP contribution >= 0.6 is 0 Å². The lowest BCUT2D eigenvalue weighted by molar-refractivity contribution is -0.165. The molecule has 0 radical (unpaired) electrons. The van der Waals surface area contributed by atoms with Crippen LogP contribution in [0.4, 0.5) is 40.7 Å². The Morgan fingerprint density at radius 3 is 2.19 bits per heavy atom. The fraction of sp³-hybridized carbons (Fsp3) is 0.161. The van der Waals surface area contributed by atoms with E-state index in [1.165, 1.54) is 12.1 Å². The van der Waals surface area contributed by atoms with Crippen molar-refractivity contribution in [2.75, 3.05) is 10.2 Å². The van der Waals surface area contributed by atoms with Gasteiger partial charge in [-0.3, -0.25) is 9.69 Å². The summed E-state index contributed by atoms with van der Waals surface area (Å²) in [6.45, 7) is 0. The van der Waals surface area contributed by atoms with Crippen molar-refractivity contribution in [3.05, 3.63) is 114 Å². The standard InChI is InChI=1S/C31H23F4N5O2/c32-25-15-20(22-18-36-29(37-19-22)38-23-7-3-1-4-8-23)11-12-21(25)16-28(41)40(24-9-5-2-6-10-24)27-17-26(42-39-27)30(13-14-30)31(33,34)35/h1-12,15,17-19H,13-14,16H2,(H,36,37,38). The van der Waals surface area contributed by atoms with E-state index >= 15 is 4.39 Å². The summed E-state index contributed by atoms with van der Waals surface area (Å²) in [7, 11) is 0. The molecular weight excluding hydrogens is 550 g/mol. The van der Waals surface area contributed by atoms with Crippen molar-refractivity contribution in [3.63, 3.8) is 0 Å². The number of rotatable bonds is 8. The zero-order valence-corrected chi connectivity index (χ0v) is 22.0. The molecule has 3 aromatic carbocycles. The average molecular weight is 574 g/mol. The highest BCUT2D eigenvalue weighted by molar-refractivity contribution is 6.00. The number of nitrogens with zero attached hydrogens (tertiary/aromatic N) is 4. The van der Waals surface area contributed by atoms with Gasteiger partial charge in [-0.25, -0.2) is 14.4 Å². The molecule has 0 unspecified atom stereocenters. The van der Waals surface area contributed by atoms with Gasteiger partial charge in [0.2, 0.25) is 11.9 Å². The van der Waals surface area contributed by atoms with Gasteiger partial charge in [-0.1, -0.05) is 53.7 Å². The van der Waals surface area contributed by atoms with E-state index in [1.807, 2.05) is 30.3 Å². The molecule has 212 valence electrons. The van der Waals surface area contributed by atoms with Gasteiger partial charge in [0, 0.05) is 29.7 Å². The Morgan fingerprint density at radius 1 is 0.905 bits per heavy atom. The van der Waals surface area contributed by atoms with Crippen LogP contribution in [0, 0.1) is 5.82 Å². The van der Waals surface area contributed by atoms with Gasteiger partial charge < -0.3 is 9.84 Å². The molecule has 11 heteroatoms. The molecule has 1 aliphatic rings. The Balaban J connectivity index is 1.22. The highest BCUT2D eigenvalue weighted by atomic mass is 19.4. The van der Waals surface area contributed by atoms with Crippen LogP contribution in [0.25, 0.3) is 11.1 Å². The third kappa shape index (κ3) is 5.32. The molecular formula is C31H23F4N5O2. The number of amides is 1. The molecule has 1 aliphatic carbocycles. The second-order valence-corrected chi connectivity index (χ2v) is 9.96. The largest absolute Gasteiger partial charge is 0.401 e. The number of para-hydroxylation sites is 2. The summed E-state index contributed by atoms with van der Waals surface area (Å²) in [4.78, 5) is 23.2. The zero-order chi connectivity index (χ0) is 29.3. The van der Waals surface area contributed by atoms with Gasteiger partial charge in [0.25, 0.3) is 0 Å². The van der Waals surface area contributed by atoms with Crippen LogP contribution in [0.15, 0.2) is 102 Å². The maximum Gasteiger partial charge on any atom is 0.401 e. The lowest BCUT2D eigenvalue weighted by atomic mass is 10.0. The summed E-state index contributed by atoms with van der Waals surface area (Å²) in [5.74, 6) is -1.29. The van der Waals surface area contributed by atoms with Crippen LogP contribution in [0.3, 0.4) is 0 Å². The van der Waals surface area contributed by atoms with Gasteiger partial charge >= 0.3 is 6.18 Å². The van der Waals surface area contributed by atoms with Crippen molar-refractivity contribution in [1.82, 2.24) is 15.1 Å². The Kier molecular flexibility index (Phi) is 6.93.